The molecule has 86 valence electrons. The lowest BCUT2D eigenvalue weighted by Gasteiger charge is -2.21. The molecule has 16 heavy (non-hydrogen) atoms. The van der Waals surface area contributed by atoms with Gasteiger partial charge >= 0.3 is 0 Å². The van der Waals surface area contributed by atoms with E-state index in [0.29, 0.717) is 6.42 Å². The molecular formula is C13H16BrNO. The molecule has 0 bridgehead atoms. The highest BCUT2D eigenvalue weighted by molar-refractivity contribution is 9.10. The van der Waals surface area contributed by atoms with Crippen LogP contribution in [0.5, 0.6) is 0 Å². The molecule has 2 nitrogen and oxygen atoms in total. The van der Waals surface area contributed by atoms with Crippen LogP contribution in [0, 0.1) is 0 Å². The van der Waals surface area contributed by atoms with Gasteiger partial charge in [-0.3, -0.25) is 4.79 Å². The second-order valence-corrected chi connectivity index (χ2v) is 5.51. The molecule has 0 aliphatic heterocycles. The van der Waals surface area contributed by atoms with E-state index in [-0.39, 0.29) is 5.78 Å². The van der Waals surface area contributed by atoms with Crippen molar-refractivity contribution < 1.29 is 4.79 Å². The molecule has 1 fully saturated rings. The van der Waals surface area contributed by atoms with Gasteiger partial charge in [0.1, 0.15) is 0 Å². The normalized spacial score (nSPS) is 18.6. The molecule has 0 atom stereocenters. The lowest BCUT2D eigenvalue weighted by atomic mass is 9.89. The summed E-state index contributed by atoms with van der Waals surface area (Å²) in [7, 11) is 0. The molecule has 0 unspecified atom stereocenters. The van der Waals surface area contributed by atoms with E-state index in [1.807, 2.05) is 24.3 Å². The molecule has 1 saturated carbocycles. The molecule has 0 saturated heterocycles. The Balaban J connectivity index is 2.04. The first-order valence-corrected chi connectivity index (χ1v) is 6.46. The molecule has 3 heteroatoms. The van der Waals surface area contributed by atoms with Gasteiger partial charge in [-0.25, -0.2) is 0 Å². The third-order valence-electron chi connectivity index (χ3n) is 3.33. The highest BCUT2D eigenvalue weighted by atomic mass is 79.9. The molecule has 1 aromatic carbocycles. The van der Waals surface area contributed by atoms with Crippen molar-refractivity contribution in [1.29, 1.82) is 0 Å². The SMILES string of the molecule is NC1(C(=O)Cc2ccc(Br)cc2)CCCC1. The molecule has 0 heterocycles. The number of Topliss-reactive ketones (excluding diaryl/α,β-unsaturated/α-hetero) is 1. The Morgan fingerprint density at radius 2 is 1.81 bits per heavy atom. The lowest BCUT2D eigenvalue weighted by molar-refractivity contribution is -0.123. The maximum Gasteiger partial charge on any atom is 0.156 e. The van der Waals surface area contributed by atoms with Gasteiger partial charge in [0, 0.05) is 10.9 Å². The van der Waals surface area contributed by atoms with E-state index in [0.717, 1.165) is 35.7 Å². The monoisotopic (exact) mass is 281 g/mol. The van der Waals surface area contributed by atoms with Gasteiger partial charge < -0.3 is 5.73 Å². The number of ketones is 1. The Kier molecular flexibility index (Phi) is 3.45. The molecule has 1 aromatic rings. The van der Waals surface area contributed by atoms with Crippen LogP contribution < -0.4 is 5.73 Å². The van der Waals surface area contributed by atoms with Crippen LogP contribution in [0.15, 0.2) is 28.7 Å². The fraction of sp³-hybridized carbons (Fsp3) is 0.462. The summed E-state index contributed by atoms with van der Waals surface area (Å²) in [5.74, 6) is 0.187. The van der Waals surface area contributed by atoms with Crippen molar-refractivity contribution in [2.45, 2.75) is 37.6 Å². The van der Waals surface area contributed by atoms with Crippen molar-refractivity contribution in [3.8, 4) is 0 Å². The van der Waals surface area contributed by atoms with Gasteiger partial charge in [0.05, 0.1) is 5.54 Å². The van der Waals surface area contributed by atoms with E-state index in [1.165, 1.54) is 0 Å². The van der Waals surface area contributed by atoms with Gasteiger partial charge in [-0.15, -0.1) is 0 Å². The van der Waals surface area contributed by atoms with Crippen molar-refractivity contribution in [2.75, 3.05) is 0 Å². The molecule has 1 aliphatic carbocycles. The van der Waals surface area contributed by atoms with Crippen LogP contribution in [0.4, 0.5) is 0 Å². The number of carbonyl (C=O) groups is 1. The first-order chi connectivity index (χ1) is 7.60. The van der Waals surface area contributed by atoms with Crippen molar-refractivity contribution in [3.05, 3.63) is 34.3 Å². The Morgan fingerprint density at radius 1 is 1.25 bits per heavy atom. The zero-order valence-corrected chi connectivity index (χ0v) is 10.8. The fourth-order valence-corrected chi connectivity index (χ4v) is 2.51. The molecule has 2 rings (SSSR count). The van der Waals surface area contributed by atoms with Gasteiger partial charge in [0.15, 0.2) is 5.78 Å². The minimum Gasteiger partial charge on any atom is -0.319 e. The molecule has 2 N–H and O–H groups in total. The topological polar surface area (TPSA) is 43.1 Å². The predicted molar refractivity (Wildman–Crippen MR) is 68.2 cm³/mol. The number of halogens is 1. The Labute approximate surface area is 104 Å². The van der Waals surface area contributed by atoms with Crippen LogP contribution in [0.1, 0.15) is 31.2 Å². The summed E-state index contributed by atoms with van der Waals surface area (Å²) in [5.41, 5.74) is 6.62. The maximum absolute atomic E-state index is 12.1. The molecule has 0 amide bonds. The highest BCUT2D eigenvalue weighted by Gasteiger charge is 2.36. The van der Waals surface area contributed by atoms with E-state index in [4.69, 9.17) is 5.73 Å². The summed E-state index contributed by atoms with van der Waals surface area (Å²) in [6.45, 7) is 0. The Bertz CT molecular complexity index is 379. The summed E-state index contributed by atoms with van der Waals surface area (Å²) < 4.78 is 1.03. The average molecular weight is 282 g/mol. The number of benzene rings is 1. The summed E-state index contributed by atoms with van der Waals surface area (Å²) in [5, 5.41) is 0. The molecule has 1 aliphatic rings. The van der Waals surface area contributed by atoms with Crippen molar-refractivity contribution in [2.24, 2.45) is 5.73 Å². The first kappa shape index (κ1) is 11.8. The molecular weight excluding hydrogens is 266 g/mol. The maximum atomic E-state index is 12.1. The fourth-order valence-electron chi connectivity index (χ4n) is 2.25. The third kappa shape index (κ3) is 2.53. The second kappa shape index (κ2) is 4.68. The Morgan fingerprint density at radius 3 is 2.38 bits per heavy atom. The van der Waals surface area contributed by atoms with E-state index in [9.17, 15) is 4.79 Å². The first-order valence-electron chi connectivity index (χ1n) is 5.67. The summed E-state index contributed by atoms with van der Waals surface area (Å²) in [6.07, 6.45) is 4.33. The van der Waals surface area contributed by atoms with Crippen molar-refractivity contribution >= 4 is 21.7 Å². The van der Waals surface area contributed by atoms with Crippen molar-refractivity contribution in [3.63, 3.8) is 0 Å². The van der Waals surface area contributed by atoms with Crippen LogP contribution in [0.2, 0.25) is 0 Å². The van der Waals surface area contributed by atoms with Crippen LogP contribution >= 0.6 is 15.9 Å². The third-order valence-corrected chi connectivity index (χ3v) is 3.86. The zero-order chi connectivity index (χ0) is 11.6. The summed E-state index contributed by atoms with van der Waals surface area (Å²) in [6, 6.07) is 7.86. The van der Waals surface area contributed by atoms with Gasteiger partial charge in [0.25, 0.3) is 0 Å². The van der Waals surface area contributed by atoms with Gasteiger partial charge in [-0.2, -0.15) is 0 Å². The minimum absolute atomic E-state index is 0.187. The van der Waals surface area contributed by atoms with Crippen molar-refractivity contribution in [1.82, 2.24) is 0 Å². The van der Waals surface area contributed by atoms with E-state index < -0.39 is 5.54 Å². The van der Waals surface area contributed by atoms with Gasteiger partial charge in [-0.05, 0) is 30.5 Å². The van der Waals surface area contributed by atoms with Crippen LogP contribution in [0.25, 0.3) is 0 Å². The molecule has 0 radical (unpaired) electrons. The number of hydrogen-bond donors (Lipinski definition) is 1. The zero-order valence-electron chi connectivity index (χ0n) is 9.21. The van der Waals surface area contributed by atoms with Crippen LogP contribution in [-0.2, 0) is 11.2 Å². The number of nitrogens with two attached hydrogens (primary N) is 1. The predicted octanol–water partition coefficient (Wildman–Crippen LogP) is 2.83. The van der Waals surface area contributed by atoms with Crippen LogP contribution in [0.3, 0.4) is 0 Å². The van der Waals surface area contributed by atoms with E-state index >= 15 is 0 Å². The van der Waals surface area contributed by atoms with Gasteiger partial charge in [-0.1, -0.05) is 40.9 Å². The Hall–Kier alpha value is -0.670. The summed E-state index contributed by atoms with van der Waals surface area (Å²) in [4.78, 5) is 12.1. The number of carbonyl (C=O) groups excluding carboxylic acids is 1. The second-order valence-electron chi connectivity index (χ2n) is 4.59. The highest BCUT2D eigenvalue weighted by Crippen LogP contribution is 2.29. The van der Waals surface area contributed by atoms with E-state index in [1.54, 1.807) is 0 Å². The van der Waals surface area contributed by atoms with Gasteiger partial charge in [0.2, 0.25) is 0 Å². The molecule has 0 spiro atoms. The smallest absolute Gasteiger partial charge is 0.156 e. The quantitative estimate of drug-likeness (QED) is 0.926. The minimum atomic E-state index is -0.549. The van der Waals surface area contributed by atoms with E-state index in [2.05, 4.69) is 15.9 Å². The van der Waals surface area contributed by atoms with Crippen LogP contribution in [-0.4, -0.2) is 11.3 Å². The largest absolute Gasteiger partial charge is 0.319 e. The summed E-state index contributed by atoms with van der Waals surface area (Å²) >= 11 is 3.38. The lowest BCUT2D eigenvalue weighted by Crippen LogP contribution is -2.46. The number of hydrogen-bond acceptors (Lipinski definition) is 2. The molecule has 0 aromatic heterocycles. The average Bonchev–Trinajstić information content (AvgIpc) is 2.70. The number of rotatable bonds is 3. The standard InChI is InChI=1S/C13H16BrNO/c14-11-5-3-10(4-6-11)9-12(16)13(15)7-1-2-8-13/h3-6H,1-2,7-9,15H2.